The first-order valence-electron chi connectivity index (χ1n) is 12.5. The lowest BCUT2D eigenvalue weighted by atomic mass is 9.86. The second-order valence-corrected chi connectivity index (χ2v) is 8.91. The number of carbonyl (C=O) groups is 2. The van der Waals surface area contributed by atoms with E-state index in [0.717, 1.165) is 65.1 Å². The summed E-state index contributed by atoms with van der Waals surface area (Å²) in [7, 11) is 0. The van der Waals surface area contributed by atoms with Gasteiger partial charge in [0.2, 0.25) is 5.91 Å². The summed E-state index contributed by atoms with van der Waals surface area (Å²) in [6.07, 6.45) is 9.56. The molecule has 1 amide bonds. The third-order valence-electron chi connectivity index (χ3n) is 6.79. The minimum Gasteiger partial charge on any atom is -0.465 e. The van der Waals surface area contributed by atoms with E-state index in [4.69, 9.17) is 4.74 Å². The lowest BCUT2D eigenvalue weighted by Crippen LogP contribution is -2.51. The number of rotatable bonds is 7. The molecule has 0 N–H and O–H groups in total. The summed E-state index contributed by atoms with van der Waals surface area (Å²) in [5.74, 6) is 1.63. The Balaban J connectivity index is 0.00000155. The quantitative estimate of drug-likeness (QED) is 0.588. The molecule has 3 rings (SSSR count). The Morgan fingerprint density at radius 2 is 1.43 bits per heavy atom. The van der Waals surface area contributed by atoms with Gasteiger partial charge in [0.15, 0.2) is 0 Å². The molecule has 0 atom stereocenters. The highest BCUT2D eigenvalue weighted by atomic mass is 16.5. The van der Waals surface area contributed by atoms with Crippen molar-refractivity contribution in [3.63, 3.8) is 0 Å². The van der Waals surface area contributed by atoms with E-state index in [1.807, 2.05) is 20.8 Å². The fourth-order valence-electron chi connectivity index (χ4n) is 5.03. The first-order valence-corrected chi connectivity index (χ1v) is 12.5. The monoisotopic (exact) mass is 423 g/mol. The number of hydrogen-bond donors (Lipinski definition) is 0. The molecule has 6 heteroatoms. The second kappa shape index (κ2) is 14.0. The van der Waals surface area contributed by atoms with Crippen molar-refractivity contribution < 1.29 is 14.3 Å². The van der Waals surface area contributed by atoms with Crippen molar-refractivity contribution >= 4 is 11.9 Å². The van der Waals surface area contributed by atoms with Crippen LogP contribution < -0.4 is 0 Å². The maximum atomic E-state index is 12.6. The summed E-state index contributed by atoms with van der Waals surface area (Å²) in [6, 6.07) is 0. The Bertz CT molecular complexity index is 492. The number of piperazine rings is 1. The van der Waals surface area contributed by atoms with Gasteiger partial charge in [-0.05, 0) is 57.5 Å². The van der Waals surface area contributed by atoms with Crippen molar-refractivity contribution in [3.05, 3.63) is 0 Å². The van der Waals surface area contributed by atoms with Gasteiger partial charge in [-0.25, -0.2) is 0 Å². The van der Waals surface area contributed by atoms with Crippen LogP contribution in [0.25, 0.3) is 0 Å². The molecule has 0 radical (unpaired) electrons. The number of likely N-dealkylation sites (tertiary alicyclic amines) is 1. The number of piperidine rings is 1. The molecule has 6 nitrogen and oxygen atoms in total. The summed E-state index contributed by atoms with van der Waals surface area (Å²) in [5.41, 5.74) is 0. The predicted octanol–water partition coefficient (Wildman–Crippen LogP) is 3.40. The zero-order valence-corrected chi connectivity index (χ0v) is 19.7. The first-order chi connectivity index (χ1) is 14.6. The largest absolute Gasteiger partial charge is 0.465 e. The highest BCUT2D eigenvalue weighted by Crippen LogP contribution is 2.27. The topological polar surface area (TPSA) is 53.1 Å². The van der Waals surface area contributed by atoms with E-state index in [9.17, 15) is 9.59 Å². The molecule has 0 aromatic heterocycles. The van der Waals surface area contributed by atoms with E-state index >= 15 is 0 Å². The molecule has 2 saturated heterocycles. The van der Waals surface area contributed by atoms with Crippen molar-refractivity contribution in [1.29, 1.82) is 0 Å². The van der Waals surface area contributed by atoms with E-state index in [1.54, 1.807) is 0 Å². The van der Waals surface area contributed by atoms with Crippen molar-refractivity contribution in [1.82, 2.24) is 14.7 Å². The molecule has 30 heavy (non-hydrogen) atoms. The van der Waals surface area contributed by atoms with Crippen LogP contribution in [0, 0.1) is 11.8 Å². The summed E-state index contributed by atoms with van der Waals surface area (Å²) >= 11 is 0. The fraction of sp³-hybridized carbons (Fsp3) is 0.917. The molecular weight excluding hydrogens is 378 g/mol. The number of hydrogen-bond acceptors (Lipinski definition) is 5. The first kappa shape index (κ1) is 25.1. The summed E-state index contributed by atoms with van der Waals surface area (Å²) in [4.78, 5) is 31.1. The average Bonchev–Trinajstić information content (AvgIpc) is 2.78. The Kier molecular flexibility index (Phi) is 11.7. The van der Waals surface area contributed by atoms with Gasteiger partial charge in [0.25, 0.3) is 0 Å². The maximum Gasteiger partial charge on any atom is 0.320 e. The average molecular weight is 424 g/mol. The lowest BCUT2D eigenvalue weighted by Gasteiger charge is -2.39. The molecule has 2 aliphatic heterocycles. The maximum absolute atomic E-state index is 12.6. The SMILES string of the molecule is CC.CCOC(=O)CN1CCC(CN2CCN(C(=O)CC3CCCCC3)CC2)CC1. The molecule has 1 aliphatic carbocycles. The third kappa shape index (κ3) is 8.54. The van der Waals surface area contributed by atoms with Crippen LogP contribution in [0.2, 0.25) is 0 Å². The van der Waals surface area contributed by atoms with E-state index in [1.165, 1.54) is 32.1 Å². The van der Waals surface area contributed by atoms with Gasteiger partial charge in [-0.15, -0.1) is 0 Å². The Hall–Kier alpha value is -1.14. The molecule has 3 fully saturated rings. The van der Waals surface area contributed by atoms with Gasteiger partial charge in [0, 0.05) is 39.1 Å². The Morgan fingerprint density at radius 3 is 2.03 bits per heavy atom. The van der Waals surface area contributed by atoms with Gasteiger partial charge in [-0.1, -0.05) is 33.1 Å². The van der Waals surface area contributed by atoms with Crippen LogP contribution in [0.1, 0.15) is 72.1 Å². The highest BCUT2D eigenvalue weighted by Gasteiger charge is 2.27. The van der Waals surface area contributed by atoms with Crippen LogP contribution in [0.3, 0.4) is 0 Å². The van der Waals surface area contributed by atoms with E-state index in [0.29, 0.717) is 30.9 Å². The van der Waals surface area contributed by atoms with Crippen molar-refractivity contribution in [3.8, 4) is 0 Å². The minimum absolute atomic E-state index is 0.102. The van der Waals surface area contributed by atoms with E-state index in [-0.39, 0.29) is 5.97 Å². The van der Waals surface area contributed by atoms with Crippen LogP contribution >= 0.6 is 0 Å². The zero-order chi connectivity index (χ0) is 21.8. The smallest absolute Gasteiger partial charge is 0.320 e. The second-order valence-electron chi connectivity index (χ2n) is 8.91. The Morgan fingerprint density at radius 1 is 0.800 bits per heavy atom. The molecule has 0 bridgehead atoms. The molecule has 0 aromatic carbocycles. The van der Waals surface area contributed by atoms with Crippen LogP contribution in [-0.2, 0) is 14.3 Å². The van der Waals surface area contributed by atoms with Gasteiger partial charge in [-0.3, -0.25) is 19.4 Å². The molecule has 2 heterocycles. The van der Waals surface area contributed by atoms with Crippen LogP contribution in [0.15, 0.2) is 0 Å². The standard InChI is InChI=1S/C22H39N3O3.C2H6/c1-2-28-22(27)18-23-10-8-20(9-11-23)17-24-12-14-25(15-13-24)21(26)16-19-6-4-3-5-7-19;1-2/h19-20H,2-18H2,1H3;1-2H3. The molecule has 3 aliphatic rings. The normalized spacial score (nSPS) is 22.3. The summed E-state index contributed by atoms with van der Waals surface area (Å²) in [5, 5.41) is 0. The van der Waals surface area contributed by atoms with Crippen molar-refractivity contribution in [2.24, 2.45) is 11.8 Å². The van der Waals surface area contributed by atoms with Gasteiger partial charge in [0.05, 0.1) is 13.2 Å². The van der Waals surface area contributed by atoms with Gasteiger partial charge < -0.3 is 9.64 Å². The van der Waals surface area contributed by atoms with Gasteiger partial charge >= 0.3 is 5.97 Å². The minimum atomic E-state index is -0.102. The number of nitrogens with zero attached hydrogens (tertiary/aromatic N) is 3. The highest BCUT2D eigenvalue weighted by molar-refractivity contribution is 5.76. The number of carbonyl (C=O) groups excluding carboxylic acids is 2. The van der Waals surface area contributed by atoms with Gasteiger partial charge in [-0.2, -0.15) is 0 Å². The van der Waals surface area contributed by atoms with Crippen molar-refractivity contribution in [2.45, 2.75) is 72.1 Å². The van der Waals surface area contributed by atoms with E-state index < -0.39 is 0 Å². The molecule has 174 valence electrons. The third-order valence-corrected chi connectivity index (χ3v) is 6.79. The summed E-state index contributed by atoms with van der Waals surface area (Å²) < 4.78 is 5.05. The summed E-state index contributed by atoms with van der Waals surface area (Å²) in [6.45, 7) is 13.7. The molecule has 0 unspecified atom stereocenters. The fourth-order valence-corrected chi connectivity index (χ4v) is 5.03. The molecule has 1 saturated carbocycles. The van der Waals surface area contributed by atoms with Crippen LogP contribution in [0.4, 0.5) is 0 Å². The predicted molar refractivity (Wildman–Crippen MR) is 121 cm³/mol. The van der Waals surface area contributed by atoms with Crippen LogP contribution in [-0.4, -0.2) is 85.5 Å². The van der Waals surface area contributed by atoms with Crippen LogP contribution in [0.5, 0.6) is 0 Å². The van der Waals surface area contributed by atoms with Crippen molar-refractivity contribution in [2.75, 3.05) is 59.0 Å². The molecule has 0 spiro atoms. The molecular formula is C24H45N3O3. The Labute approximate surface area is 184 Å². The van der Waals surface area contributed by atoms with E-state index in [2.05, 4.69) is 14.7 Å². The number of esters is 1. The number of ether oxygens (including phenoxy) is 1. The van der Waals surface area contributed by atoms with Gasteiger partial charge in [0.1, 0.15) is 0 Å². The lowest BCUT2D eigenvalue weighted by molar-refractivity contribution is -0.144. The number of amides is 1. The molecule has 0 aromatic rings. The zero-order valence-electron chi connectivity index (χ0n) is 19.7.